The van der Waals surface area contributed by atoms with Crippen molar-refractivity contribution in [1.82, 2.24) is 5.32 Å². The molecule has 0 amide bonds. The summed E-state index contributed by atoms with van der Waals surface area (Å²) >= 11 is 0. The molecule has 1 N–H and O–H groups in total. The summed E-state index contributed by atoms with van der Waals surface area (Å²) < 4.78 is 0. The van der Waals surface area contributed by atoms with Gasteiger partial charge in [0.1, 0.15) is 0 Å². The van der Waals surface area contributed by atoms with Crippen molar-refractivity contribution >= 4 is 5.78 Å². The molecule has 1 rings (SSSR count). The minimum Gasteiger partial charge on any atom is -0.311 e. The Hall–Kier alpha value is -0.370. The van der Waals surface area contributed by atoms with Crippen LogP contribution in [-0.4, -0.2) is 18.9 Å². The zero-order valence-corrected chi connectivity index (χ0v) is 8.97. The van der Waals surface area contributed by atoms with Crippen molar-refractivity contribution in [2.24, 2.45) is 11.8 Å². The topological polar surface area (TPSA) is 29.1 Å². The van der Waals surface area contributed by atoms with Crippen molar-refractivity contribution in [3.8, 4) is 0 Å². The fourth-order valence-corrected chi connectivity index (χ4v) is 2.19. The Balaban J connectivity index is 2.46. The molecule has 0 saturated heterocycles. The maximum atomic E-state index is 11.8. The predicted octanol–water partition coefficient (Wildman–Crippen LogP) is 1.99. The highest BCUT2D eigenvalue weighted by Gasteiger charge is 2.27. The van der Waals surface area contributed by atoms with Crippen LogP contribution in [0, 0.1) is 11.8 Å². The van der Waals surface area contributed by atoms with Crippen LogP contribution in [-0.2, 0) is 4.79 Å². The smallest absolute Gasteiger partial charge is 0.152 e. The van der Waals surface area contributed by atoms with Crippen molar-refractivity contribution in [3.05, 3.63) is 0 Å². The normalized spacial score (nSPS) is 31.3. The molecule has 0 heterocycles. The van der Waals surface area contributed by atoms with E-state index in [2.05, 4.69) is 12.2 Å². The molecule has 0 aromatic rings. The number of hydrogen-bond acceptors (Lipinski definition) is 2. The molecule has 3 unspecified atom stereocenters. The van der Waals surface area contributed by atoms with E-state index in [-0.39, 0.29) is 6.04 Å². The van der Waals surface area contributed by atoms with Gasteiger partial charge in [0.2, 0.25) is 0 Å². The number of nitrogens with one attached hydrogen (secondary N) is 1. The van der Waals surface area contributed by atoms with Crippen LogP contribution in [0.1, 0.15) is 39.5 Å². The van der Waals surface area contributed by atoms with Crippen LogP contribution in [0.3, 0.4) is 0 Å². The van der Waals surface area contributed by atoms with Crippen LogP contribution in [0.25, 0.3) is 0 Å². The molecule has 1 saturated carbocycles. The van der Waals surface area contributed by atoms with Crippen LogP contribution in [0.5, 0.6) is 0 Å². The lowest BCUT2D eigenvalue weighted by atomic mass is 9.79. The maximum Gasteiger partial charge on any atom is 0.152 e. The van der Waals surface area contributed by atoms with Gasteiger partial charge in [-0.05, 0) is 32.7 Å². The first kappa shape index (κ1) is 10.7. The predicted molar refractivity (Wildman–Crippen MR) is 54.7 cm³/mol. The minimum atomic E-state index is 0.0373. The van der Waals surface area contributed by atoms with E-state index in [1.807, 2.05) is 14.0 Å². The van der Waals surface area contributed by atoms with Gasteiger partial charge >= 0.3 is 0 Å². The Kier molecular flexibility index (Phi) is 3.91. The summed E-state index contributed by atoms with van der Waals surface area (Å²) in [5, 5.41) is 3.03. The number of carbonyl (C=O) groups excluding carboxylic acids is 1. The third-order valence-electron chi connectivity index (χ3n) is 3.20. The summed E-state index contributed by atoms with van der Waals surface area (Å²) in [6.07, 6.45) is 4.74. The molecular formula is C11H21NO. The lowest BCUT2D eigenvalue weighted by molar-refractivity contribution is -0.125. The third-order valence-corrected chi connectivity index (χ3v) is 3.20. The van der Waals surface area contributed by atoms with Gasteiger partial charge < -0.3 is 5.32 Å². The Morgan fingerprint density at radius 3 is 2.69 bits per heavy atom. The van der Waals surface area contributed by atoms with Crippen LogP contribution in [0.2, 0.25) is 0 Å². The second kappa shape index (κ2) is 4.75. The van der Waals surface area contributed by atoms with Crippen LogP contribution in [0.4, 0.5) is 0 Å². The Labute approximate surface area is 81.1 Å². The molecule has 13 heavy (non-hydrogen) atoms. The van der Waals surface area contributed by atoms with Crippen LogP contribution >= 0.6 is 0 Å². The molecule has 76 valence electrons. The molecule has 1 fully saturated rings. The molecular weight excluding hydrogens is 162 g/mol. The number of Topliss-reactive ketones (excluding diaryl/α,β-unsaturated/α-hetero) is 1. The average Bonchev–Trinajstić information content (AvgIpc) is 2.15. The standard InChI is InChI=1S/C11H21NO/c1-8-5-4-6-10(7-8)11(13)9(2)12-3/h8-10,12H,4-7H2,1-3H3. The maximum absolute atomic E-state index is 11.8. The SMILES string of the molecule is CNC(C)C(=O)C1CCCC(C)C1. The second-order valence-electron chi connectivity index (χ2n) is 4.38. The first-order valence-corrected chi connectivity index (χ1v) is 5.36. The Morgan fingerprint density at radius 1 is 1.46 bits per heavy atom. The molecule has 0 bridgehead atoms. The van der Waals surface area contributed by atoms with Gasteiger partial charge in [-0.25, -0.2) is 0 Å². The van der Waals surface area contributed by atoms with Crippen molar-refractivity contribution in [2.45, 2.75) is 45.6 Å². The highest BCUT2D eigenvalue weighted by Crippen LogP contribution is 2.29. The molecule has 0 radical (unpaired) electrons. The van der Waals surface area contributed by atoms with E-state index in [0.717, 1.165) is 18.8 Å². The van der Waals surface area contributed by atoms with Gasteiger partial charge in [0.25, 0.3) is 0 Å². The summed E-state index contributed by atoms with van der Waals surface area (Å²) in [7, 11) is 1.86. The summed E-state index contributed by atoms with van der Waals surface area (Å²) in [6, 6.07) is 0.0373. The van der Waals surface area contributed by atoms with Crippen LogP contribution < -0.4 is 5.32 Å². The first-order chi connectivity index (χ1) is 6.15. The minimum absolute atomic E-state index is 0.0373. The number of hydrogen-bond donors (Lipinski definition) is 1. The molecule has 0 spiro atoms. The van der Waals surface area contributed by atoms with Gasteiger partial charge in [-0.3, -0.25) is 4.79 Å². The van der Waals surface area contributed by atoms with Gasteiger partial charge in [0.15, 0.2) is 5.78 Å². The number of rotatable bonds is 3. The van der Waals surface area contributed by atoms with Gasteiger partial charge in [-0.15, -0.1) is 0 Å². The quantitative estimate of drug-likeness (QED) is 0.725. The van der Waals surface area contributed by atoms with E-state index in [9.17, 15) is 4.79 Å². The fraction of sp³-hybridized carbons (Fsp3) is 0.909. The molecule has 0 aromatic heterocycles. The highest BCUT2D eigenvalue weighted by molar-refractivity contribution is 5.85. The van der Waals surface area contributed by atoms with E-state index in [1.165, 1.54) is 12.8 Å². The van der Waals surface area contributed by atoms with E-state index >= 15 is 0 Å². The zero-order valence-electron chi connectivity index (χ0n) is 8.97. The van der Waals surface area contributed by atoms with Gasteiger partial charge in [0, 0.05) is 5.92 Å². The molecule has 2 nitrogen and oxygen atoms in total. The summed E-state index contributed by atoms with van der Waals surface area (Å²) in [6.45, 7) is 4.21. The Bertz CT molecular complexity index is 179. The molecule has 0 aromatic carbocycles. The summed E-state index contributed by atoms with van der Waals surface area (Å²) in [5.41, 5.74) is 0. The Morgan fingerprint density at radius 2 is 2.15 bits per heavy atom. The molecule has 1 aliphatic rings. The second-order valence-corrected chi connectivity index (χ2v) is 4.38. The zero-order chi connectivity index (χ0) is 9.84. The van der Waals surface area contributed by atoms with Gasteiger partial charge in [-0.2, -0.15) is 0 Å². The van der Waals surface area contributed by atoms with E-state index < -0.39 is 0 Å². The molecule has 2 heteroatoms. The summed E-state index contributed by atoms with van der Waals surface area (Å²) in [5.74, 6) is 1.48. The largest absolute Gasteiger partial charge is 0.311 e. The average molecular weight is 183 g/mol. The van der Waals surface area contributed by atoms with Gasteiger partial charge in [0.05, 0.1) is 6.04 Å². The lowest BCUT2D eigenvalue weighted by Crippen LogP contribution is -2.37. The first-order valence-electron chi connectivity index (χ1n) is 5.36. The van der Waals surface area contributed by atoms with E-state index in [0.29, 0.717) is 11.7 Å². The van der Waals surface area contributed by atoms with Crippen molar-refractivity contribution in [3.63, 3.8) is 0 Å². The molecule has 3 atom stereocenters. The number of likely N-dealkylation sites (N-methyl/N-ethyl adjacent to an activating group) is 1. The van der Waals surface area contributed by atoms with Crippen LogP contribution in [0.15, 0.2) is 0 Å². The van der Waals surface area contributed by atoms with Gasteiger partial charge in [-0.1, -0.05) is 19.8 Å². The van der Waals surface area contributed by atoms with Crippen molar-refractivity contribution < 1.29 is 4.79 Å². The molecule has 0 aliphatic heterocycles. The number of ketones is 1. The van der Waals surface area contributed by atoms with E-state index in [1.54, 1.807) is 0 Å². The monoisotopic (exact) mass is 183 g/mol. The molecule has 1 aliphatic carbocycles. The lowest BCUT2D eigenvalue weighted by Gasteiger charge is -2.27. The third kappa shape index (κ3) is 2.80. The summed E-state index contributed by atoms with van der Waals surface area (Å²) in [4.78, 5) is 11.8. The highest BCUT2D eigenvalue weighted by atomic mass is 16.1. The van der Waals surface area contributed by atoms with Crippen molar-refractivity contribution in [2.75, 3.05) is 7.05 Å². The number of carbonyl (C=O) groups is 1. The van der Waals surface area contributed by atoms with Crippen molar-refractivity contribution in [1.29, 1.82) is 0 Å². The van der Waals surface area contributed by atoms with E-state index in [4.69, 9.17) is 0 Å². The fourth-order valence-electron chi connectivity index (χ4n) is 2.19.